The van der Waals surface area contributed by atoms with Gasteiger partial charge in [-0.15, -0.1) is 0 Å². The van der Waals surface area contributed by atoms with E-state index in [9.17, 15) is 14.0 Å². The number of anilines is 1. The Bertz CT molecular complexity index is 660. The monoisotopic (exact) mass is 323 g/mol. The fourth-order valence-corrected chi connectivity index (χ4v) is 2.65. The molecule has 0 N–H and O–H groups in total. The van der Waals surface area contributed by atoms with E-state index in [-0.39, 0.29) is 30.4 Å². The standard InChI is InChI=1S/C16H18FNO5/c1-9-5-11(17)6-10(2)13(9)18-8-23-7-12(15(19)21-3)14(18)16(20)22-4/h5-6H,7-8H2,1-4H3. The maximum absolute atomic E-state index is 13.5. The van der Waals surface area contributed by atoms with Crippen molar-refractivity contribution in [2.24, 2.45) is 0 Å². The number of methoxy groups -OCH3 is 2. The molecule has 0 saturated heterocycles. The Morgan fingerprint density at radius 1 is 1.13 bits per heavy atom. The first-order valence-electron chi connectivity index (χ1n) is 6.92. The molecule has 0 atom stereocenters. The number of hydrogen-bond acceptors (Lipinski definition) is 6. The number of ether oxygens (including phenoxy) is 3. The number of benzene rings is 1. The van der Waals surface area contributed by atoms with Gasteiger partial charge in [0, 0.05) is 5.69 Å². The number of carbonyl (C=O) groups is 2. The number of esters is 2. The molecule has 23 heavy (non-hydrogen) atoms. The van der Waals surface area contributed by atoms with Crippen molar-refractivity contribution in [1.82, 2.24) is 0 Å². The first-order valence-corrected chi connectivity index (χ1v) is 6.92. The van der Waals surface area contributed by atoms with Gasteiger partial charge in [-0.05, 0) is 37.1 Å². The van der Waals surface area contributed by atoms with Crippen molar-refractivity contribution in [3.8, 4) is 0 Å². The summed E-state index contributed by atoms with van der Waals surface area (Å²) in [5.74, 6) is -1.73. The molecule has 0 unspecified atom stereocenters. The average molecular weight is 323 g/mol. The zero-order chi connectivity index (χ0) is 17.1. The zero-order valence-electron chi connectivity index (χ0n) is 13.4. The Balaban J connectivity index is 2.65. The third kappa shape index (κ3) is 3.19. The molecule has 0 aromatic heterocycles. The maximum atomic E-state index is 13.5. The minimum Gasteiger partial charge on any atom is -0.466 e. The minimum absolute atomic E-state index is 0.0399. The molecule has 0 spiro atoms. The van der Waals surface area contributed by atoms with Gasteiger partial charge in [0.25, 0.3) is 0 Å². The summed E-state index contributed by atoms with van der Waals surface area (Å²) in [6, 6.07) is 2.70. The molecule has 1 aromatic rings. The molecule has 1 heterocycles. The van der Waals surface area contributed by atoms with E-state index in [0.717, 1.165) is 0 Å². The summed E-state index contributed by atoms with van der Waals surface area (Å²) in [5, 5.41) is 0. The lowest BCUT2D eigenvalue weighted by Crippen LogP contribution is -2.39. The second-order valence-electron chi connectivity index (χ2n) is 5.10. The lowest BCUT2D eigenvalue weighted by Gasteiger charge is -2.33. The van der Waals surface area contributed by atoms with Crippen LogP contribution in [0.1, 0.15) is 11.1 Å². The molecule has 0 radical (unpaired) electrons. The Morgan fingerprint density at radius 3 is 2.22 bits per heavy atom. The van der Waals surface area contributed by atoms with Gasteiger partial charge in [-0.1, -0.05) is 0 Å². The summed E-state index contributed by atoms with van der Waals surface area (Å²) in [6.07, 6.45) is 0. The zero-order valence-corrected chi connectivity index (χ0v) is 13.4. The second kappa shape index (κ2) is 6.78. The van der Waals surface area contributed by atoms with Crippen molar-refractivity contribution >= 4 is 17.6 Å². The molecule has 124 valence electrons. The first-order chi connectivity index (χ1) is 10.9. The fourth-order valence-electron chi connectivity index (χ4n) is 2.65. The van der Waals surface area contributed by atoms with E-state index in [2.05, 4.69) is 0 Å². The van der Waals surface area contributed by atoms with Crippen LogP contribution in [0.15, 0.2) is 23.4 Å². The van der Waals surface area contributed by atoms with Crippen LogP contribution in [0.2, 0.25) is 0 Å². The Morgan fingerprint density at radius 2 is 1.70 bits per heavy atom. The quantitative estimate of drug-likeness (QED) is 0.791. The van der Waals surface area contributed by atoms with Crippen molar-refractivity contribution < 1.29 is 28.2 Å². The van der Waals surface area contributed by atoms with Gasteiger partial charge in [0.05, 0.1) is 26.4 Å². The predicted molar refractivity (Wildman–Crippen MR) is 80.2 cm³/mol. The number of halogens is 1. The summed E-state index contributed by atoms with van der Waals surface area (Å²) in [6.45, 7) is 3.41. The number of nitrogens with zero attached hydrogens (tertiary/aromatic N) is 1. The molecule has 1 aromatic carbocycles. The normalized spacial score (nSPS) is 14.7. The molecule has 2 rings (SSSR count). The lowest BCUT2D eigenvalue weighted by molar-refractivity contribution is -0.140. The van der Waals surface area contributed by atoms with Gasteiger partial charge in [-0.25, -0.2) is 14.0 Å². The minimum atomic E-state index is -0.683. The van der Waals surface area contributed by atoms with Crippen LogP contribution in [0.4, 0.5) is 10.1 Å². The van der Waals surface area contributed by atoms with Crippen molar-refractivity contribution in [3.63, 3.8) is 0 Å². The third-order valence-corrected chi connectivity index (χ3v) is 3.56. The maximum Gasteiger partial charge on any atom is 0.355 e. The van der Waals surface area contributed by atoms with E-state index >= 15 is 0 Å². The molecule has 0 saturated carbocycles. The highest BCUT2D eigenvalue weighted by molar-refractivity contribution is 6.03. The molecule has 1 aliphatic rings. The van der Waals surface area contributed by atoms with E-state index < -0.39 is 11.9 Å². The molecular weight excluding hydrogens is 305 g/mol. The van der Waals surface area contributed by atoms with Crippen LogP contribution in [0, 0.1) is 19.7 Å². The van der Waals surface area contributed by atoms with E-state index in [1.165, 1.54) is 31.3 Å². The van der Waals surface area contributed by atoms with Crippen LogP contribution in [-0.4, -0.2) is 39.5 Å². The highest BCUT2D eigenvalue weighted by atomic mass is 19.1. The number of aryl methyl sites for hydroxylation is 2. The Kier molecular flexibility index (Phi) is 5.00. The van der Waals surface area contributed by atoms with Gasteiger partial charge in [0.15, 0.2) is 0 Å². The van der Waals surface area contributed by atoms with Gasteiger partial charge < -0.3 is 19.1 Å². The van der Waals surface area contributed by atoms with Crippen molar-refractivity contribution in [1.29, 1.82) is 0 Å². The molecular formula is C16H18FNO5. The van der Waals surface area contributed by atoms with E-state index in [1.54, 1.807) is 13.8 Å². The summed E-state index contributed by atoms with van der Waals surface area (Å²) in [4.78, 5) is 25.7. The van der Waals surface area contributed by atoms with Crippen molar-refractivity contribution in [2.75, 3.05) is 32.5 Å². The largest absolute Gasteiger partial charge is 0.466 e. The van der Waals surface area contributed by atoms with Crippen molar-refractivity contribution in [2.45, 2.75) is 13.8 Å². The molecule has 0 fully saturated rings. The van der Waals surface area contributed by atoms with Gasteiger partial charge >= 0.3 is 11.9 Å². The number of hydrogen-bond donors (Lipinski definition) is 0. The third-order valence-electron chi connectivity index (χ3n) is 3.56. The van der Waals surface area contributed by atoms with Crippen LogP contribution < -0.4 is 4.90 Å². The van der Waals surface area contributed by atoms with Crippen LogP contribution in [0.5, 0.6) is 0 Å². The van der Waals surface area contributed by atoms with Crippen LogP contribution in [0.3, 0.4) is 0 Å². The van der Waals surface area contributed by atoms with E-state index in [0.29, 0.717) is 16.8 Å². The Hall–Kier alpha value is -2.41. The number of rotatable bonds is 3. The highest BCUT2D eigenvalue weighted by Crippen LogP contribution is 2.32. The molecule has 6 nitrogen and oxygen atoms in total. The van der Waals surface area contributed by atoms with Crippen LogP contribution in [-0.2, 0) is 23.8 Å². The van der Waals surface area contributed by atoms with Crippen LogP contribution >= 0.6 is 0 Å². The second-order valence-corrected chi connectivity index (χ2v) is 5.10. The fraction of sp³-hybridized carbons (Fsp3) is 0.375. The van der Waals surface area contributed by atoms with Crippen molar-refractivity contribution in [3.05, 3.63) is 40.3 Å². The van der Waals surface area contributed by atoms with E-state index in [4.69, 9.17) is 14.2 Å². The highest BCUT2D eigenvalue weighted by Gasteiger charge is 2.33. The topological polar surface area (TPSA) is 65.1 Å². The summed E-state index contributed by atoms with van der Waals surface area (Å²) >= 11 is 0. The molecule has 1 aliphatic heterocycles. The molecule has 0 aliphatic carbocycles. The molecule has 7 heteroatoms. The van der Waals surface area contributed by atoms with Crippen LogP contribution in [0.25, 0.3) is 0 Å². The lowest BCUT2D eigenvalue weighted by atomic mass is 10.0. The van der Waals surface area contributed by atoms with E-state index in [1.807, 2.05) is 0 Å². The van der Waals surface area contributed by atoms with Gasteiger partial charge in [0.1, 0.15) is 18.2 Å². The van der Waals surface area contributed by atoms with Gasteiger partial charge in [-0.3, -0.25) is 0 Å². The first kappa shape index (κ1) is 17.0. The average Bonchev–Trinajstić information content (AvgIpc) is 2.52. The van der Waals surface area contributed by atoms with Gasteiger partial charge in [0.2, 0.25) is 0 Å². The predicted octanol–water partition coefficient (Wildman–Crippen LogP) is 1.84. The SMILES string of the molecule is COC(=O)C1=C(C(=O)OC)N(c2c(C)cc(F)cc2C)COC1. The van der Waals surface area contributed by atoms with Gasteiger partial charge in [-0.2, -0.15) is 0 Å². The Labute approximate surface area is 133 Å². The smallest absolute Gasteiger partial charge is 0.355 e. The molecule has 0 bridgehead atoms. The summed E-state index contributed by atoms with van der Waals surface area (Å²) in [5.41, 5.74) is 1.92. The number of carbonyl (C=O) groups excluding carboxylic acids is 2. The summed E-state index contributed by atoms with van der Waals surface area (Å²) in [7, 11) is 2.44. The molecule has 0 amide bonds. The summed E-state index contributed by atoms with van der Waals surface area (Å²) < 4.78 is 28.4.